The lowest BCUT2D eigenvalue weighted by Crippen LogP contribution is -2.45. The molecule has 0 bridgehead atoms. The predicted molar refractivity (Wildman–Crippen MR) is 105 cm³/mol. The van der Waals surface area contributed by atoms with Crippen molar-refractivity contribution < 1.29 is 14.3 Å². The second-order valence-corrected chi connectivity index (χ2v) is 5.97. The molecule has 25 heavy (non-hydrogen) atoms. The van der Waals surface area contributed by atoms with Crippen molar-refractivity contribution >= 4 is 30.8 Å². The number of nitrogens with one attached hydrogen (secondary N) is 1. The molecule has 0 aromatic heterocycles. The highest BCUT2D eigenvalue weighted by Gasteiger charge is 2.23. The molecule has 1 aliphatic heterocycles. The van der Waals surface area contributed by atoms with Crippen LogP contribution in [0.1, 0.15) is 31.9 Å². The molecule has 1 aliphatic rings. The highest BCUT2D eigenvalue weighted by atomic mass is 35.5. The number of esters is 1. The van der Waals surface area contributed by atoms with E-state index < -0.39 is 0 Å². The third kappa shape index (κ3) is 6.86. The number of hydrogen-bond acceptors (Lipinski definition) is 5. The molecule has 0 spiro atoms. The summed E-state index contributed by atoms with van der Waals surface area (Å²) in [6, 6.07) is 6.04. The van der Waals surface area contributed by atoms with Gasteiger partial charge < -0.3 is 14.8 Å². The van der Waals surface area contributed by atoms with Gasteiger partial charge in [-0.3, -0.25) is 9.69 Å². The van der Waals surface area contributed by atoms with Crippen molar-refractivity contribution in [2.45, 2.75) is 26.3 Å². The predicted octanol–water partition coefficient (Wildman–Crippen LogP) is 3.38. The standard InChI is InChI=1S/C18H26N2O3.2ClH/c1-13(2)11-16(20-9-7-19-8-10-20)15-5-6-17(23-14(3)21)18(12-15)22-4;;/h5-6,12,16,19H,1,7-11H2,2-4H3;2*1H/t16-;;/m0../s1. The smallest absolute Gasteiger partial charge is 0.308 e. The maximum atomic E-state index is 11.2. The monoisotopic (exact) mass is 390 g/mol. The quantitative estimate of drug-likeness (QED) is 0.458. The van der Waals surface area contributed by atoms with Gasteiger partial charge in [-0.05, 0) is 31.0 Å². The van der Waals surface area contributed by atoms with Crippen LogP contribution in [0, 0.1) is 0 Å². The number of hydrogen-bond donors (Lipinski definition) is 1. The largest absolute Gasteiger partial charge is 0.493 e. The maximum Gasteiger partial charge on any atom is 0.308 e. The first-order valence-corrected chi connectivity index (χ1v) is 7.96. The van der Waals surface area contributed by atoms with Crippen molar-refractivity contribution in [2.75, 3.05) is 33.3 Å². The normalized spacial score (nSPS) is 15.3. The Morgan fingerprint density at radius 3 is 2.40 bits per heavy atom. The lowest BCUT2D eigenvalue weighted by atomic mass is 9.97. The van der Waals surface area contributed by atoms with Crippen LogP contribution in [0.15, 0.2) is 30.4 Å². The number of nitrogens with zero attached hydrogens (tertiary/aromatic N) is 1. The van der Waals surface area contributed by atoms with Gasteiger partial charge in [0.15, 0.2) is 11.5 Å². The Hall–Kier alpha value is -1.27. The van der Waals surface area contributed by atoms with Crippen molar-refractivity contribution in [1.29, 1.82) is 0 Å². The Bertz CT molecular complexity index is 575. The van der Waals surface area contributed by atoms with Crippen molar-refractivity contribution in [1.82, 2.24) is 10.2 Å². The van der Waals surface area contributed by atoms with Crippen LogP contribution in [-0.4, -0.2) is 44.2 Å². The van der Waals surface area contributed by atoms with Gasteiger partial charge in [0.25, 0.3) is 0 Å². The summed E-state index contributed by atoms with van der Waals surface area (Å²) in [4.78, 5) is 13.7. The van der Waals surface area contributed by atoms with E-state index in [2.05, 4.69) is 23.7 Å². The van der Waals surface area contributed by atoms with E-state index in [0.717, 1.165) is 43.7 Å². The highest BCUT2D eigenvalue weighted by molar-refractivity contribution is 5.85. The first-order valence-electron chi connectivity index (χ1n) is 7.96. The van der Waals surface area contributed by atoms with Crippen LogP contribution >= 0.6 is 24.8 Å². The minimum atomic E-state index is -0.350. The summed E-state index contributed by atoms with van der Waals surface area (Å²) in [7, 11) is 1.59. The Balaban J connectivity index is 0.00000288. The number of halogens is 2. The second kappa shape index (κ2) is 11.4. The van der Waals surface area contributed by atoms with E-state index in [-0.39, 0.29) is 36.8 Å². The van der Waals surface area contributed by atoms with Crippen LogP contribution in [0.3, 0.4) is 0 Å². The van der Waals surface area contributed by atoms with Crippen molar-refractivity contribution in [2.24, 2.45) is 0 Å². The average Bonchev–Trinajstić information content (AvgIpc) is 2.53. The van der Waals surface area contributed by atoms with Gasteiger partial charge in [0.1, 0.15) is 0 Å². The number of carbonyl (C=O) groups excluding carboxylic acids is 1. The zero-order chi connectivity index (χ0) is 16.8. The van der Waals surface area contributed by atoms with Gasteiger partial charge >= 0.3 is 5.97 Å². The minimum Gasteiger partial charge on any atom is -0.493 e. The minimum absolute atomic E-state index is 0. The fourth-order valence-corrected chi connectivity index (χ4v) is 2.91. The number of benzene rings is 1. The van der Waals surface area contributed by atoms with Crippen molar-refractivity contribution in [3.63, 3.8) is 0 Å². The molecule has 142 valence electrons. The van der Waals surface area contributed by atoms with E-state index in [4.69, 9.17) is 9.47 Å². The fourth-order valence-electron chi connectivity index (χ4n) is 2.91. The van der Waals surface area contributed by atoms with Crippen molar-refractivity contribution in [3.8, 4) is 11.5 Å². The number of rotatable bonds is 6. The summed E-state index contributed by atoms with van der Waals surface area (Å²) < 4.78 is 10.6. The molecule has 5 nitrogen and oxygen atoms in total. The van der Waals surface area contributed by atoms with Crippen LogP contribution < -0.4 is 14.8 Å². The van der Waals surface area contributed by atoms with Gasteiger partial charge in [0.05, 0.1) is 7.11 Å². The Kier molecular flexibility index (Phi) is 10.8. The number of methoxy groups -OCH3 is 1. The molecule has 1 N–H and O–H groups in total. The molecule has 2 rings (SSSR count). The molecule has 1 aromatic rings. The molecular formula is C18H28Cl2N2O3. The molecule has 0 amide bonds. The third-order valence-electron chi connectivity index (χ3n) is 3.96. The van der Waals surface area contributed by atoms with E-state index >= 15 is 0 Å². The molecule has 1 saturated heterocycles. The van der Waals surface area contributed by atoms with E-state index in [1.165, 1.54) is 6.92 Å². The molecule has 7 heteroatoms. The van der Waals surface area contributed by atoms with Gasteiger partial charge in [-0.1, -0.05) is 11.6 Å². The summed E-state index contributed by atoms with van der Waals surface area (Å²) in [5, 5.41) is 3.38. The van der Waals surface area contributed by atoms with Gasteiger partial charge in [-0.2, -0.15) is 0 Å². The van der Waals surface area contributed by atoms with Gasteiger partial charge in [0.2, 0.25) is 0 Å². The third-order valence-corrected chi connectivity index (χ3v) is 3.96. The average molecular weight is 391 g/mol. The molecule has 0 saturated carbocycles. The molecule has 0 unspecified atom stereocenters. The van der Waals surface area contributed by atoms with E-state index in [9.17, 15) is 4.79 Å². The van der Waals surface area contributed by atoms with Gasteiger partial charge in [-0.15, -0.1) is 31.4 Å². The van der Waals surface area contributed by atoms with Crippen molar-refractivity contribution in [3.05, 3.63) is 35.9 Å². The van der Waals surface area contributed by atoms with Gasteiger partial charge in [-0.25, -0.2) is 0 Å². The lowest BCUT2D eigenvalue weighted by Gasteiger charge is -2.35. The number of carbonyl (C=O) groups is 1. The molecule has 1 heterocycles. The van der Waals surface area contributed by atoms with E-state index in [0.29, 0.717) is 11.5 Å². The summed E-state index contributed by atoms with van der Waals surface area (Å²) in [5.74, 6) is 0.689. The van der Waals surface area contributed by atoms with E-state index in [1.807, 2.05) is 18.2 Å². The zero-order valence-electron chi connectivity index (χ0n) is 15.0. The number of piperazine rings is 1. The fraction of sp³-hybridized carbons (Fsp3) is 0.500. The van der Waals surface area contributed by atoms with Crippen LogP contribution in [0.25, 0.3) is 0 Å². The molecule has 1 aromatic carbocycles. The topological polar surface area (TPSA) is 50.8 Å². The SMILES string of the molecule is C=C(C)C[C@@H](c1ccc(OC(C)=O)c(OC)c1)N1CCNCC1.Cl.Cl. The zero-order valence-corrected chi connectivity index (χ0v) is 16.7. The lowest BCUT2D eigenvalue weighted by molar-refractivity contribution is -0.132. The molecule has 1 fully saturated rings. The van der Waals surface area contributed by atoms with Gasteiger partial charge in [0, 0.05) is 39.1 Å². The Morgan fingerprint density at radius 1 is 1.24 bits per heavy atom. The summed E-state index contributed by atoms with van der Waals surface area (Å²) in [6.07, 6.45) is 0.899. The Labute approximate surface area is 162 Å². The molecule has 0 aliphatic carbocycles. The first kappa shape index (κ1) is 23.7. The molecule has 0 radical (unpaired) electrons. The summed E-state index contributed by atoms with van der Waals surface area (Å²) in [6.45, 7) is 11.5. The van der Waals surface area contributed by atoms with Crippen LogP contribution in [0.2, 0.25) is 0 Å². The highest BCUT2D eigenvalue weighted by Crippen LogP contribution is 2.34. The Morgan fingerprint density at radius 2 is 1.88 bits per heavy atom. The van der Waals surface area contributed by atoms with Crippen LogP contribution in [0.4, 0.5) is 0 Å². The second-order valence-electron chi connectivity index (χ2n) is 5.97. The maximum absolute atomic E-state index is 11.2. The van der Waals surface area contributed by atoms with Crippen LogP contribution in [0.5, 0.6) is 11.5 Å². The summed E-state index contributed by atoms with van der Waals surface area (Å²) >= 11 is 0. The first-order chi connectivity index (χ1) is 11.0. The van der Waals surface area contributed by atoms with Crippen LogP contribution in [-0.2, 0) is 4.79 Å². The van der Waals surface area contributed by atoms with E-state index in [1.54, 1.807) is 7.11 Å². The molecule has 1 atom stereocenters. The number of ether oxygens (including phenoxy) is 2. The molecular weight excluding hydrogens is 363 g/mol. The summed E-state index contributed by atoms with van der Waals surface area (Å²) in [5.41, 5.74) is 2.30.